The minimum atomic E-state index is -3.73. The standard InChI is InChI=1S/C19H24ClN3O4S/c1-5-23(6-2)28(26,27)15-7-8-18(25)22(11-15)12-17(24)21-19-14(4)9-13(3)10-16(19)20/h7-11H,5-6,12H2,1-4H3,(H,21,24). The SMILES string of the molecule is CCN(CC)S(=O)(=O)c1ccc(=O)n(CC(=O)Nc2c(C)cc(C)cc2Cl)c1. The summed E-state index contributed by atoms with van der Waals surface area (Å²) in [5, 5.41) is 3.09. The van der Waals surface area contributed by atoms with Crippen LogP contribution >= 0.6 is 11.6 Å². The highest BCUT2D eigenvalue weighted by Crippen LogP contribution is 2.27. The van der Waals surface area contributed by atoms with E-state index in [0.717, 1.165) is 21.8 Å². The van der Waals surface area contributed by atoms with E-state index in [1.54, 1.807) is 19.9 Å². The normalized spacial score (nSPS) is 11.6. The second-order valence-electron chi connectivity index (χ2n) is 6.41. The number of pyridine rings is 1. The molecule has 0 radical (unpaired) electrons. The lowest BCUT2D eigenvalue weighted by Crippen LogP contribution is -2.33. The zero-order chi connectivity index (χ0) is 21.1. The number of benzene rings is 1. The minimum Gasteiger partial charge on any atom is -0.323 e. The first-order chi connectivity index (χ1) is 13.1. The molecule has 2 aromatic rings. The number of nitrogens with one attached hydrogen (secondary N) is 1. The van der Waals surface area contributed by atoms with Gasteiger partial charge in [0.1, 0.15) is 6.54 Å². The van der Waals surface area contributed by atoms with Crippen molar-refractivity contribution in [2.75, 3.05) is 18.4 Å². The minimum absolute atomic E-state index is 0.0341. The number of carbonyl (C=O) groups excluding carboxylic acids is 1. The molecule has 28 heavy (non-hydrogen) atoms. The Bertz CT molecular complexity index is 1020. The zero-order valence-electron chi connectivity index (χ0n) is 16.3. The van der Waals surface area contributed by atoms with Crippen molar-refractivity contribution in [3.8, 4) is 0 Å². The van der Waals surface area contributed by atoms with E-state index in [1.807, 2.05) is 19.9 Å². The third kappa shape index (κ3) is 4.81. The van der Waals surface area contributed by atoms with Gasteiger partial charge in [-0.2, -0.15) is 4.31 Å². The number of sulfonamides is 1. The molecule has 0 bridgehead atoms. The van der Waals surface area contributed by atoms with Crippen LogP contribution in [0.25, 0.3) is 0 Å². The predicted molar refractivity (Wildman–Crippen MR) is 110 cm³/mol. The maximum absolute atomic E-state index is 12.6. The molecule has 0 aliphatic heterocycles. The van der Waals surface area contributed by atoms with Crippen LogP contribution in [0.1, 0.15) is 25.0 Å². The van der Waals surface area contributed by atoms with Crippen LogP contribution in [0.4, 0.5) is 5.69 Å². The van der Waals surface area contributed by atoms with Crippen LogP contribution in [0.3, 0.4) is 0 Å². The molecule has 0 aliphatic rings. The number of aryl methyl sites for hydroxylation is 2. The Morgan fingerprint density at radius 1 is 1.18 bits per heavy atom. The summed E-state index contributed by atoms with van der Waals surface area (Å²) < 4.78 is 27.7. The Labute approximate surface area is 170 Å². The number of rotatable bonds is 7. The Morgan fingerprint density at radius 2 is 1.82 bits per heavy atom. The highest BCUT2D eigenvalue weighted by molar-refractivity contribution is 7.89. The van der Waals surface area contributed by atoms with E-state index < -0.39 is 21.5 Å². The van der Waals surface area contributed by atoms with Gasteiger partial charge >= 0.3 is 0 Å². The van der Waals surface area contributed by atoms with Crippen molar-refractivity contribution in [1.82, 2.24) is 8.87 Å². The molecule has 9 heteroatoms. The van der Waals surface area contributed by atoms with Crippen molar-refractivity contribution in [2.45, 2.75) is 39.1 Å². The molecule has 1 aromatic heterocycles. The van der Waals surface area contributed by atoms with Gasteiger partial charge in [-0.25, -0.2) is 8.42 Å². The van der Waals surface area contributed by atoms with Crippen molar-refractivity contribution in [3.63, 3.8) is 0 Å². The van der Waals surface area contributed by atoms with Gasteiger partial charge in [0.15, 0.2) is 0 Å². The van der Waals surface area contributed by atoms with Gasteiger partial charge in [0.2, 0.25) is 15.9 Å². The zero-order valence-corrected chi connectivity index (χ0v) is 17.9. The molecular formula is C19H24ClN3O4S. The summed E-state index contributed by atoms with van der Waals surface area (Å²) in [7, 11) is -3.73. The van der Waals surface area contributed by atoms with Gasteiger partial charge in [-0.05, 0) is 37.1 Å². The summed E-state index contributed by atoms with van der Waals surface area (Å²) in [6, 6.07) is 6.01. The second kappa shape index (κ2) is 8.89. The van der Waals surface area contributed by atoms with Gasteiger partial charge in [-0.3, -0.25) is 9.59 Å². The van der Waals surface area contributed by atoms with Gasteiger partial charge in [0.05, 0.1) is 15.6 Å². The number of amides is 1. The molecule has 0 saturated heterocycles. The number of carbonyl (C=O) groups is 1. The third-order valence-corrected chi connectivity index (χ3v) is 6.64. The first-order valence-corrected chi connectivity index (χ1v) is 10.7. The van der Waals surface area contributed by atoms with Crippen molar-refractivity contribution >= 4 is 33.2 Å². The van der Waals surface area contributed by atoms with Gasteiger partial charge in [-0.1, -0.05) is 31.5 Å². The third-order valence-electron chi connectivity index (χ3n) is 4.31. The number of anilines is 1. The van der Waals surface area contributed by atoms with E-state index in [-0.39, 0.29) is 11.4 Å². The lowest BCUT2D eigenvalue weighted by atomic mass is 10.1. The first kappa shape index (κ1) is 22.1. The molecule has 1 aromatic carbocycles. The summed E-state index contributed by atoms with van der Waals surface area (Å²) in [6.07, 6.45) is 1.19. The molecule has 0 fully saturated rings. The molecule has 7 nitrogen and oxygen atoms in total. The van der Waals surface area contributed by atoms with Gasteiger partial charge in [-0.15, -0.1) is 0 Å². The summed E-state index contributed by atoms with van der Waals surface area (Å²) in [5.41, 5.74) is 1.76. The average molecular weight is 426 g/mol. The summed E-state index contributed by atoms with van der Waals surface area (Å²) >= 11 is 6.20. The summed E-state index contributed by atoms with van der Waals surface area (Å²) in [6.45, 7) is 7.47. The van der Waals surface area contributed by atoms with E-state index in [2.05, 4.69) is 5.32 Å². The molecule has 152 valence electrons. The van der Waals surface area contributed by atoms with E-state index in [9.17, 15) is 18.0 Å². The highest BCUT2D eigenvalue weighted by atomic mass is 35.5. The first-order valence-electron chi connectivity index (χ1n) is 8.87. The number of hydrogen-bond donors (Lipinski definition) is 1. The van der Waals surface area contributed by atoms with Crippen LogP contribution < -0.4 is 10.9 Å². The average Bonchev–Trinajstić information content (AvgIpc) is 2.60. The van der Waals surface area contributed by atoms with E-state index in [4.69, 9.17) is 11.6 Å². The second-order valence-corrected chi connectivity index (χ2v) is 8.75. The topological polar surface area (TPSA) is 88.5 Å². The molecule has 0 unspecified atom stereocenters. The lowest BCUT2D eigenvalue weighted by Gasteiger charge is -2.19. The predicted octanol–water partition coefficient (Wildman–Crippen LogP) is 2.79. The van der Waals surface area contributed by atoms with Crippen LogP contribution in [0.2, 0.25) is 5.02 Å². The molecule has 0 saturated carbocycles. The Morgan fingerprint density at radius 3 is 2.39 bits per heavy atom. The van der Waals surface area contributed by atoms with Crippen molar-refractivity contribution < 1.29 is 13.2 Å². The van der Waals surface area contributed by atoms with E-state index in [1.165, 1.54) is 16.6 Å². The van der Waals surface area contributed by atoms with Gasteiger partial charge < -0.3 is 9.88 Å². The molecule has 2 rings (SSSR count). The maximum Gasteiger partial charge on any atom is 0.251 e. The molecular weight excluding hydrogens is 402 g/mol. The van der Waals surface area contributed by atoms with Crippen molar-refractivity contribution in [1.29, 1.82) is 0 Å². The monoisotopic (exact) mass is 425 g/mol. The molecule has 0 spiro atoms. The highest BCUT2D eigenvalue weighted by Gasteiger charge is 2.22. The van der Waals surface area contributed by atoms with Gasteiger partial charge in [0, 0.05) is 25.4 Å². The van der Waals surface area contributed by atoms with Crippen LogP contribution in [0.5, 0.6) is 0 Å². The quantitative estimate of drug-likeness (QED) is 0.738. The van der Waals surface area contributed by atoms with Crippen LogP contribution in [-0.2, 0) is 21.4 Å². The van der Waals surface area contributed by atoms with Crippen LogP contribution in [0, 0.1) is 13.8 Å². The molecule has 1 heterocycles. The Balaban J connectivity index is 2.30. The van der Waals surface area contributed by atoms with Gasteiger partial charge in [0.25, 0.3) is 5.56 Å². The van der Waals surface area contributed by atoms with E-state index in [0.29, 0.717) is 23.8 Å². The van der Waals surface area contributed by atoms with Crippen molar-refractivity contribution in [2.24, 2.45) is 0 Å². The fourth-order valence-corrected chi connectivity index (χ4v) is 4.75. The molecule has 1 N–H and O–H groups in total. The maximum atomic E-state index is 12.6. The van der Waals surface area contributed by atoms with E-state index >= 15 is 0 Å². The Hall–Kier alpha value is -2.16. The molecule has 0 atom stereocenters. The molecule has 0 aliphatic carbocycles. The number of nitrogens with zero attached hydrogens (tertiary/aromatic N) is 2. The van der Waals surface area contributed by atoms with Crippen LogP contribution in [0.15, 0.2) is 40.2 Å². The number of halogens is 1. The fraction of sp³-hybridized carbons (Fsp3) is 0.368. The Kier molecular flexibility index (Phi) is 7.03. The van der Waals surface area contributed by atoms with Crippen LogP contribution in [-0.4, -0.2) is 36.3 Å². The molecule has 1 amide bonds. The largest absolute Gasteiger partial charge is 0.323 e. The number of aromatic nitrogens is 1. The number of hydrogen-bond acceptors (Lipinski definition) is 4. The fourth-order valence-electron chi connectivity index (χ4n) is 2.91. The lowest BCUT2D eigenvalue weighted by molar-refractivity contribution is -0.116. The summed E-state index contributed by atoms with van der Waals surface area (Å²) in [5.74, 6) is -0.478. The smallest absolute Gasteiger partial charge is 0.251 e. The summed E-state index contributed by atoms with van der Waals surface area (Å²) in [4.78, 5) is 24.5. The van der Waals surface area contributed by atoms with Crippen molar-refractivity contribution in [3.05, 3.63) is 57.0 Å².